The highest BCUT2D eigenvalue weighted by Gasteiger charge is 2.09. The van der Waals surface area contributed by atoms with Gasteiger partial charge in [-0.3, -0.25) is 4.57 Å². The first-order valence-corrected chi connectivity index (χ1v) is 12.9. The lowest BCUT2D eigenvalue weighted by molar-refractivity contribution is 0.276. The van der Waals surface area contributed by atoms with Crippen molar-refractivity contribution in [3.8, 4) is 22.6 Å². The van der Waals surface area contributed by atoms with Gasteiger partial charge < -0.3 is 28.6 Å². The van der Waals surface area contributed by atoms with Crippen LogP contribution in [0.4, 0.5) is 0 Å². The van der Waals surface area contributed by atoms with E-state index in [2.05, 4.69) is 29.6 Å². The number of ether oxygens (including phenoxy) is 2. The maximum absolute atomic E-state index is 10.6. The molecular weight excluding hydrogens is 453 g/mol. The summed E-state index contributed by atoms with van der Waals surface area (Å²) in [6.45, 7) is 2.32. The van der Waals surface area contributed by atoms with Crippen molar-refractivity contribution in [1.29, 1.82) is 0 Å². The molecule has 0 aliphatic carbocycles. The number of methoxy groups -OCH3 is 1. The fraction of sp³-hybridized carbons (Fsp3) is 0.385. The lowest BCUT2D eigenvalue weighted by Gasteiger charge is -2.13. The van der Waals surface area contributed by atoms with E-state index in [-0.39, 0.29) is 6.61 Å². The van der Waals surface area contributed by atoms with Gasteiger partial charge in [0, 0.05) is 17.7 Å². The molecule has 2 N–H and O–H groups in total. The van der Waals surface area contributed by atoms with Crippen LogP contribution in [-0.2, 0) is 22.1 Å². The molecule has 0 amide bonds. The number of nitrogens with one attached hydrogen (secondary N) is 1. The maximum Gasteiger partial charge on any atom is 0.316 e. The molecule has 0 bridgehead atoms. The normalized spacial score (nSPS) is 11.9. The van der Waals surface area contributed by atoms with Gasteiger partial charge in [0.1, 0.15) is 11.5 Å². The third kappa shape index (κ3) is 8.99. The minimum absolute atomic E-state index is 0.272. The van der Waals surface area contributed by atoms with Gasteiger partial charge in [0.25, 0.3) is 0 Å². The lowest BCUT2D eigenvalue weighted by Crippen LogP contribution is -2.16. The van der Waals surface area contributed by atoms with Crippen LogP contribution in [0.25, 0.3) is 11.1 Å². The highest BCUT2D eigenvalue weighted by molar-refractivity contribution is 7.32. The van der Waals surface area contributed by atoms with Crippen LogP contribution in [0.1, 0.15) is 36.8 Å². The molecule has 0 aliphatic rings. The summed E-state index contributed by atoms with van der Waals surface area (Å²) in [7, 11) is -1.15. The molecular formula is C26H34NO6P. The monoisotopic (exact) mass is 487 g/mol. The van der Waals surface area contributed by atoms with Gasteiger partial charge in [0.15, 0.2) is 0 Å². The number of unbranched alkanes of at least 4 members (excludes halogenated alkanes) is 2. The zero-order valence-electron chi connectivity index (χ0n) is 19.6. The second-order valence-electron chi connectivity index (χ2n) is 8.00. The summed E-state index contributed by atoms with van der Waals surface area (Å²) in [5.41, 5.74) is 4.41. The molecule has 7 nitrogen and oxygen atoms in total. The van der Waals surface area contributed by atoms with Crippen LogP contribution < -0.4 is 14.8 Å². The fourth-order valence-electron chi connectivity index (χ4n) is 3.66. The van der Waals surface area contributed by atoms with Crippen LogP contribution in [0.2, 0.25) is 0 Å². The van der Waals surface area contributed by atoms with E-state index in [9.17, 15) is 4.57 Å². The van der Waals surface area contributed by atoms with Crippen LogP contribution in [0.15, 0.2) is 65.5 Å². The SMILES string of the molecule is COc1cccc(CCCCCOc2ccc(CNCCCO[PH](=O)O)cc2-c2ccoc2)c1. The van der Waals surface area contributed by atoms with Crippen molar-refractivity contribution in [2.75, 3.05) is 26.9 Å². The van der Waals surface area contributed by atoms with E-state index < -0.39 is 8.25 Å². The zero-order chi connectivity index (χ0) is 24.0. The molecule has 0 aliphatic heterocycles. The average molecular weight is 488 g/mol. The summed E-state index contributed by atoms with van der Waals surface area (Å²) in [5.74, 6) is 1.75. The molecule has 0 radical (unpaired) electrons. The van der Waals surface area contributed by atoms with Gasteiger partial charge in [-0.1, -0.05) is 18.2 Å². The summed E-state index contributed by atoms with van der Waals surface area (Å²) in [4.78, 5) is 8.68. The summed E-state index contributed by atoms with van der Waals surface area (Å²) in [6, 6.07) is 16.3. The smallest absolute Gasteiger partial charge is 0.316 e. The Bertz CT molecular complexity index is 1010. The van der Waals surface area contributed by atoms with E-state index in [0.29, 0.717) is 26.1 Å². The predicted octanol–water partition coefficient (Wildman–Crippen LogP) is 5.63. The molecule has 2 aromatic carbocycles. The van der Waals surface area contributed by atoms with Crippen molar-refractivity contribution < 1.29 is 27.9 Å². The Morgan fingerprint density at radius 1 is 1.00 bits per heavy atom. The third-order valence-electron chi connectivity index (χ3n) is 5.43. The zero-order valence-corrected chi connectivity index (χ0v) is 20.6. The van der Waals surface area contributed by atoms with Crippen LogP contribution in [0, 0.1) is 0 Å². The Morgan fingerprint density at radius 3 is 2.71 bits per heavy atom. The molecule has 0 spiro atoms. The number of hydrogen-bond acceptors (Lipinski definition) is 6. The Labute approximate surface area is 202 Å². The summed E-state index contributed by atoms with van der Waals surface area (Å²) < 4.78 is 32.0. The lowest BCUT2D eigenvalue weighted by atomic mass is 10.0. The first-order chi connectivity index (χ1) is 16.7. The maximum atomic E-state index is 10.6. The van der Waals surface area contributed by atoms with Crippen molar-refractivity contribution in [3.63, 3.8) is 0 Å². The largest absolute Gasteiger partial charge is 0.497 e. The molecule has 8 heteroatoms. The van der Waals surface area contributed by atoms with Crippen molar-refractivity contribution in [3.05, 3.63) is 72.2 Å². The third-order valence-corrected chi connectivity index (χ3v) is 5.88. The first kappa shape index (κ1) is 26.0. The van der Waals surface area contributed by atoms with Crippen molar-refractivity contribution in [1.82, 2.24) is 5.32 Å². The molecule has 0 saturated heterocycles. The highest BCUT2D eigenvalue weighted by Crippen LogP contribution is 2.32. The Morgan fingerprint density at radius 2 is 1.91 bits per heavy atom. The van der Waals surface area contributed by atoms with E-state index in [1.807, 2.05) is 24.3 Å². The van der Waals surface area contributed by atoms with Crippen molar-refractivity contribution in [2.24, 2.45) is 0 Å². The van der Waals surface area contributed by atoms with Gasteiger partial charge in [-0.25, -0.2) is 0 Å². The number of benzene rings is 2. The highest BCUT2D eigenvalue weighted by atomic mass is 31.1. The van der Waals surface area contributed by atoms with E-state index in [1.54, 1.807) is 19.6 Å². The van der Waals surface area contributed by atoms with Gasteiger partial charge in [-0.05, 0) is 80.1 Å². The minimum atomic E-state index is -2.84. The number of aryl methyl sites for hydroxylation is 1. The molecule has 34 heavy (non-hydrogen) atoms. The van der Waals surface area contributed by atoms with Crippen molar-refractivity contribution in [2.45, 2.75) is 38.6 Å². The Hall–Kier alpha value is -2.57. The Kier molecular flexibility index (Phi) is 11.2. The molecule has 1 unspecified atom stereocenters. The average Bonchev–Trinajstić information content (AvgIpc) is 3.39. The fourth-order valence-corrected chi connectivity index (χ4v) is 3.98. The number of furan rings is 1. The summed E-state index contributed by atoms with van der Waals surface area (Å²) in [6.07, 6.45) is 8.28. The van der Waals surface area contributed by atoms with E-state index in [1.165, 1.54) is 5.56 Å². The van der Waals surface area contributed by atoms with Gasteiger partial charge in [0.05, 0.1) is 32.8 Å². The molecule has 184 valence electrons. The quantitative estimate of drug-likeness (QED) is 0.200. The van der Waals surface area contributed by atoms with Crippen LogP contribution in [-0.4, -0.2) is 31.8 Å². The second-order valence-corrected chi connectivity index (χ2v) is 8.82. The van der Waals surface area contributed by atoms with E-state index in [0.717, 1.165) is 53.9 Å². The summed E-state index contributed by atoms with van der Waals surface area (Å²) >= 11 is 0. The van der Waals surface area contributed by atoms with Crippen molar-refractivity contribution >= 4 is 8.25 Å². The number of hydrogen-bond donors (Lipinski definition) is 2. The first-order valence-electron chi connectivity index (χ1n) is 11.6. The number of rotatable bonds is 16. The molecule has 1 heterocycles. The Balaban J connectivity index is 1.45. The van der Waals surface area contributed by atoms with Gasteiger partial charge in [-0.15, -0.1) is 0 Å². The second kappa shape index (κ2) is 14.6. The predicted molar refractivity (Wildman–Crippen MR) is 134 cm³/mol. The van der Waals surface area contributed by atoms with Crippen LogP contribution in [0.5, 0.6) is 11.5 Å². The molecule has 3 aromatic rings. The molecule has 0 fully saturated rings. The summed E-state index contributed by atoms with van der Waals surface area (Å²) in [5, 5.41) is 3.33. The van der Waals surface area contributed by atoms with Gasteiger partial charge in [0.2, 0.25) is 0 Å². The van der Waals surface area contributed by atoms with Crippen LogP contribution in [0.3, 0.4) is 0 Å². The molecule has 3 rings (SSSR count). The van der Waals surface area contributed by atoms with Gasteiger partial charge in [-0.2, -0.15) is 0 Å². The van der Waals surface area contributed by atoms with Gasteiger partial charge >= 0.3 is 8.25 Å². The molecule has 1 atom stereocenters. The standard InChI is InChI=1S/C26H34NO6P/c1-30-24-9-5-8-21(17-24)7-3-2-4-14-32-26-11-10-22(18-25(26)23-12-16-31-20-23)19-27-13-6-15-33-34(28)29/h5,8-12,16-18,20,27,34H,2-4,6-7,13-15,19H2,1H3,(H,28,29). The molecule has 0 saturated carbocycles. The van der Waals surface area contributed by atoms with Crippen LogP contribution >= 0.6 is 8.25 Å². The molecule has 1 aromatic heterocycles. The topological polar surface area (TPSA) is 90.2 Å². The minimum Gasteiger partial charge on any atom is -0.497 e. The van der Waals surface area contributed by atoms with E-state index >= 15 is 0 Å². The van der Waals surface area contributed by atoms with E-state index in [4.69, 9.17) is 23.3 Å².